The van der Waals surface area contributed by atoms with Gasteiger partial charge in [0.2, 0.25) is 0 Å². The van der Waals surface area contributed by atoms with Gasteiger partial charge in [-0.3, -0.25) is 0 Å². The van der Waals surface area contributed by atoms with Crippen molar-refractivity contribution in [2.75, 3.05) is 14.2 Å². The standard InChI is InChI=1S/C17H21NO3/c1-11(18-3)14-10-9-13-7-5-6-8-15(13)16(14)21-12(2)17(19)20-4/h5-12,18H,1-4H3. The molecule has 0 aliphatic heterocycles. The van der Waals surface area contributed by atoms with Crippen LogP contribution in [0.25, 0.3) is 10.8 Å². The van der Waals surface area contributed by atoms with E-state index in [0.717, 1.165) is 22.1 Å². The SMILES string of the molecule is CNC(C)c1ccc2ccccc2c1OC(C)C(=O)OC. The minimum absolute atomic E-state index is 0.120. The Morgan fingerprint density at radius 2 is 1.86 bits per heavy atom. The molecule has 4 heteroatoms. The summed E-state index contributed by atoms with van der Waals surface area (Å²) in [6, 6.07) is 12.2. The van der Waals surface area contributed by atoms with Crippen LogP contribution in [0, 0.1) is 0 Å². The summed E-state index contributed by atoms with van der Waals surface area (Å²) in [6.45, 7) is 3.75. The predicted molar refractivity (Wildman–Crippen MR) is 83.5 cm³/mol. The Balaban J connectivity index is 2.53. The quantitative estimate of drug-likeness (QED) is 0.859. The van der Waals surface area contributed by atoms with E-state index in [-0.39, 0.29) is 12.0 Å². The Morgan fingerprint density at radius 3 is 2.52 bits per heavy atom. The van der Waals surface area contributed by atoms with Gasteiger partial charge in [0.25, 0.3) is 0 Å². The van der Waals surface area contributed by atoms with Gasteiger partial charge in [-0.2, -0.15) is 0 Å². The molecular weight excluding hydrogens is 266 g/mol. The summed E-state index contributed by atoms with van der Waals surface area (Å²) in [6.07, 6.45) is -0.649. The normalized spacial score (nSPS) is 13.7. The van der Waals surface area contributed by atoms with Crippen LogP contribution in [0.1, 0.15) is 25.5 Å². The highest BCUT2D eigenvalue weighted by Gasteiger charge is 2.20. The second-order valence-corrected chi connectivity index (χ2v) is 5.00. The van der Waals surface area contributed by atoms with E-state index < -0.39 is 6.10 Å². The number of ether oxygens (including phenoxy) is 2. The molecule has 0 aliphatic carbocycles. The summed E-state index contributed by atoms with van der Waals surface area (Å²) in [4.78, 5) is 11.6. The van der Waals surface area contributed by atoms with Crippen LogP contribution < -0.4 is 10.1 Å². The molecule has 0 spiro atoms. The van der Waals surface area contributed by atoms with E-state index >= 15 is 0 Å². The molecule has 0 saturated carbocycles. The van der Waals surface area contributed by atoms with Gasteiger partial charge >= 0.3 is 5.97 Å². The fraction of sp³-hybridized carbons (Fsp3) is 0.353. The number of carbonyl (C=O) groups excluding carboxylic acids is 1. The van der Waals surface area contributed by atoms with Crippen LogP contribution in [-0.2, 0) is 9.53 Å². The third-order valence-electron chi connectivity index (χ3n) is 3.64. The van der Waals surface area contributed by atoms with Gasteiger partial charge in [-0.1, -0.05) is 36.4 Å². The molecule has 0 saturated heterocycles. The molecule has 0 heterocycles. The largest absolute Gasteiger partial charge is 0.478 e. The Kier molecular flexibility index (Phi) is 4.81. The molecule has 0 bridgehead atoms. The lowest BCUT2D eigenvalue weighted by Crippen LogP contribution is -2.26. The molecule has 0 fully saturated rings. The smallest absolute Gasteiger partial charge is 0.346 e. The van der Waals surface area contributed by atoms with Crippen LogP contribution in [-0.4, -0.2) is 26.2 Å². The van der Waals surface area contributed by atoms with Crippen molar-refractivity contribution < 1.29 is 14.3 Å². The van der Waals surface area contributed by atoms with E-state index in [2.05, 4.69) is 18.3 Å². The van der Waals surface area contributed by atoms with E-state index in [1.54, 1.807) is 6.92 Å². The molecule has 2 aromatic rings. The third kappa shape index (κ3) is 3.16. The van der Waals surface area contributed by atoms with Gasteiger partial charge < -0.3 is 14.8 Å². The molecule has 0 amide bonds. The molecule has 2 rings (SSSR count). The van der Waals surface area contributed by atoms with E-state index in [1.165, 1.54) is 7.11 Å². The number of nitrogens with one attached hydrogen (secondary N) is 1. The Labute approximate surface area is 125 Å². The molecule has 21 heavy (non-hydrogen) atoms. The van der Waals surface area contributed by atoms with Gasteiger partial charge in [-0.25, -0.2) is 4.79 Å². The first-order chi connectivity index (χ1) is 10.1. The fourth-order valence-corrected chi connectivity index (χ4v) is 2.28. The maximum atomic E-state index is 11.6. The number of methoxy groups -OCH3 is 1. The Morgan fingerprint density at radius 1 is 1.14 bits per heavy atom. The van der Waals surface area contributed by atoms with Crippen molar-refractivity contribution in [1.29, 1.82) is 0 Å². The monoisotopic (exact) mass is 287 g/mol. The van der Waals surface area contributed by atoms with Gasteiger partial charge in [-0.15, -0.1) is 0 Å². The highest BCUT2D eigenvalue weighted by molar-refractivity contribution is 5.90. The lowest BCUT2D eigenvalue weighted by molar-refractivity contribution is -0.147. The number of hydrogen-bond donors (Lipinski definition) is 1. The van der Waals surface area contributed by atoms with E-state index in [4.69, 9.17) is 9.47 Å². The zero-order chi connectivity index (χ0) is 15.4. The second kappa shape index (κ2) is 6.59. The second-order valence-electron chi connectivity index (χ2n) is 5.00. The minimum atomic E-state index is -0.649. The summed E-state index contributed by atoms with van der Waals surface area (Å²) in [5.74, 6) is 0.346. The van der Waals surface area contributed by atoms with Crippen molar-refractivity contribution in [2.24, 2.45) is 0 Å². The lowest BCUT2D eigenvalue weighted by atomic mass is 10.0. The van der Waals surface area contributed by atoms with Gasteiger partial charge in [0, 0.05) is 17.0 Å². The molecule has 2 atom stereocenters. The number of benzene rings is 2. The van der Waals surface area contributed by atoms with Crippen LogP contribution in [0.2, 0.25) is 0 Å². The summed E-state index contributed by atoms with van der Waals surface area (Å²) in [7, 11) is 3.26. The number of carbonyl (C=O) groups is 1. The first kappa shape index (κ1) is 15.3. The van der Waals surface area contributed by atoms with Crippen molar-refractivity contribution in [3.8, 4) is 5.75 Å². The number of hydrogen-bond acceptors (Lipinski definition) is 4. The van der Waals surface area contributed by atoms with E-state index in [1.807, 2.05) is 37.4 Å². The summed E-state index contributed by atoms with van der Waals surface area (Å²) in [5, 5.41) is 5.28. The zero-order valence-corrected chi connectivity index (χ0v) is 12.8. The molecule has 112 valence electrons. The van der Waals surface area contributed by atoms with Gasteiger partial charge in [0.15, 0.2) is 6.10 Å². The van der Waals surface area contributed by atoms with Gasteiger partial charge in [0.05, 0.1) is 7.11 Å². The molecule has 1 N–H and O–H groups in total. The Bertz CT molecular complexity index is 639. The summed E-state index contributed by atoms with van der Waals surface area (Å²) >= 11 is 0. The van der Waals surface area contributed by atoms with E-state index in [9.17, 15) is 4.79 Å². The fourth-order valence-electron chi connectivity index (χ4n) is 2.28. The third-order valence-corrected chi connectivity index (χ3v) is 3.64. The molecule has 2 aromatic carbocycles. The van der Waals surface area contributed by atoms with Crippen LogP contribution >= 0.6 is 0 Å². The Hall–Kier alpha value is -2.07. The van der Waals surface area contributed by atoms with E-state index in [0.29, 0.717) is 0 Å². The van der Waals surface area contributed by atoms with Gasteiger partial charge in [0.1, 0.15) is 5.75 Å². The number of esters is 1. The van der Waals surface area contributed by atoms with Crippen LogP contribution in [0.15, 0.2) is 36.4 Å². The van der Waals surface area contributed by atoms with Crippen LogP contribution in [0.5, 0.6) is 5.75 Å². The number of fused-ring (bicyclic) bond motifs is 1. The molecule has 2 unspecified atom stereocenters. The summed E-state index contributed by atoms with van der Waals surface area (Å²) < 4.78 is 10.7. The van der Waals surface area contributed by atoms with Crippen molar-refractivity contribution in [1.82, 2.24) is 5.32 Å². The molecular formula is C17H21NO3. The molecule has 4 nitrogen and oxygen atoms in total. The van der Waals surface area contributed by atoms with Crippen molar-refractivity contribution >= 4 is 16.7 Å². The maximum Gasteiger partial charge on any atom is 0.346 e. The highest BCUT2D eigenvalue weighted by Crippen LogP contribution is 2.34. The van der Waals surface area contributed by atoms with Crippen molar-refractivity contribution in [3.63, 3.8) is 0 Å². The zero-order valence-electron chi connectivity index (χ0n) is 12.8. The molecule has 0 radical (unpaired) electrons. The van der Waals surface area contributed by atoms with Crippen molar-refractivity contribution in [2.45, 2.75) is 26.0 Å². The summed E-state index contributed by atoms with van der Waals surface area (Å²) in [5.41, 5.74) is 1.02. The first-order valence-electron chi connectivity index (χ1n) is 7.02. The molecule has 0 aliphatic rings. The average Bonchev–Trinajstić information content (AvgIpc) is 2.53. The average molecular weight is 287 g/mol. The minimum Gasteiger partial charge on any atom is -0.478 e. The van der Waals surface area contributed by atoms with Crippen LogP contribution in [0.4, 0.5) is 0 Å². The van der Waals surface area contributed by atoms with Crippen LogP contribution in [0.3, 0.4) is 0 Å². The topological polar surface area (TPSA) is 47.6 Å². The highest BCUT2D eigenvalue weighted by atomic mass is 16.6. The van der Waals surface area contributed by atoms with Gasteiger partial charge in [-0.05, 0) is 26.3 Å². The predicted octanol–water partition coefficient (Wildman–Crippen LogP) is 3.06. The molecule has 0 aromatic heterocycles. The van der Waals surface area contributed by atoms with Crippen molar-refractivity contribution in [3.05, 3.63) is 42.0 Å². The maximum absolute atomic E-state index is 11.6. The number of rotatable bonds is 5. The lowest BCUT2D eigenvalue weighted by Gasteiger charge is -2.21. The first-order valence-corrected chi connectivity index (χ1v) is 7.02.